The maximum Gasteiger partial charge on any atom is 0.300 e. The number of carbonyl (C=O) groups excluding carboxylic acids is 1. The van der Waals surface area contributed by atoms with Crippen LogP contribution in [-0.4, -0.2) is 23.9 Å². The topological polar surface area (TPSA) is 71.5 Å². The van der Waals surface area contributed by atoms with E-state index in [1.165, 1.54) is 12.8 Å². The van der Waals surface area contributed by atoms with Gasteiger partial charge in [-0.15, -0.1) is 0 Å². The van der Waals surface area contributed by atoms with Crippen molar-refractivity contribution >= 4 is 5.91 Å². The molecular weight excluding hydrogens is 242 g/mol. The van der Waals surface area contributed by atoms with Crippen molar-refractivity contribution in [3.05, 3.63) is 23.2 Å². The van der Waals surface area contributed by atoms with Crippen LogP contribution in [0, 0.1) is 12.3 Å². The van der Waals surface area contributed by atoms with E-state index in [2.05, 4.69) is 24.2 Å². The highest BCUT2D eigenvalue weighted by Crippen LogP contribution is 2.29. The Balaban J connectivity index is 2.07. The molecule has 1 saturated heterocycles. The number of nitrogens with zero attached hydrogens (tertiary/aromatic N) is 1. The van der Waals surface area contributed by atoms with Gasteiger partial charge in [-0.05, 0) is 37.8 Å². The second-order valence-corrected chi connectivity index (χ2v) is 6.14. The highest BCUT2D eigenvalue weighted by Gasteiger charge is 2.27. The van der Waals surface area contributed by atoms with E-state index < -0.39 is 0 Å². The van der Waals surface area contributed by atoms with Gasteiger partial charge in [0.15, 0.2) is 5.76 Å². The summed E-state index contributed by atoms with van der Waals surface area (Å²) in [5.74, 6) is 5.81. The van der Waals surface area contributed by atoms with Crippen LogP contribution in [0.4, 0.5) is 0 Å². The zero-order valence-electron chi connectivity index (χ0n) is 12.0. The molecule has 1 fully saturated rings. The van der Waals surface area contributed by atoms with Gasteiger partial charge >= 0.3 is 5.91 Å². The number of rotatable bonds is 3. The summed E-state index contributed by atoms with van der Waals surface area (Å²) < 4.78 is 5.44. The number of piperidine rings is 1. The Kier molecular flexibility index (Phi) is 3.96. The van der Waals surface area contributed by atoms with Crippen molar-refractivity contribution in [3.8, 4) is 0 Å². The van der Waals surface area contributed by atoms with Gasteiger partial charge in [-0.25, -0.2) is 5.84 Å². The van der Waals surface area contributed by atoms with Crippen molar-refractivity contribution in [1.82, 2.24) is 10.3 Å². The second kappa shape index (κ2) is 5.35. The highest BCUT2D eigenvalue weighted by atomic mass is 16.4. The molecule has 2 rings (SSSR count). The molecule has 2 heterocycles. The van der Waals surface area contributed by atoms with E-state index in [0.717, 1.165) is 31.0 Å². The van der Waals surface area contributed by atoms with E-state index in [1.807, 2.05) is 6.92 Å². The number of aryl methyl sites for hydroxylation is 1. The molecule has 0 atom stereocenters. The van der Waals surface area contributed by atoms with Crippen LogP contribution in [0.5, 0.6) is 0 Å². The van der Waals surface area contributed by atoms with Gasteiger partial charge in [0, 0.05) is 18.7 Å². The first-order valence-electron chi connectivity index (χ1n) is 6.74. The molecule has 0 aliphatic carbocycles. The van der Waals surface area contributed by atoms with Gasteiger partial charge < -0.3 is 4.42 Å². The number of nitrogen functional groups attached to an aromatic ring is 1. The van der Waals surface area contributed by atoms with E-state index in [9.17, 15) is 4.79 Å². The molecule has 0 unspecified atom stereocenters. The highest BCUT2D eigenvalue weighted by molar-refractivity contribution is 5.91. The van der Waals surface area contributed by atoms with Crippen LogP contribution in [-0.2, 0) is 6.54 Å². The summed E-state index contributed by atoms with van der Waals surface area (Å²) in [6, 6.07) is 1.79. The van der Waals surface area contributed by atoms with Gasteiger partial charge in [-0.2, -0.15) is 0 Å². The number of hydrogen-bond acceptors (Lipinski definition) is 4. The lowest BCUT2D eigenvalue weighted by molar-refractivity contribution is 0.0924. The molecule has 3 N–H and O–H groups in total. The Bertz CT molecular complexity index is 465. The first-order valence-corrected chi connectivity index (χ1v) is 6.74. The van der Waals surface area contributed by atoms with Crippen molar-refractivity contribution in [3.63, 3.8) is 0 Å². The van der Waals surface area contributed by atoms with Crippen LogP contribution < -0.4 is 11.3 Å². The number of hydrazine groups is 1. The molecule has 0 aromatic carbocycles. The van der Waals surface area contributed by atoms with E-state index in [4.69, 9.17) is 10.3 Å². The van der Waals surface area contributed by atoms with Crippen molar-refractivity contribution < 1.29 is 9.21 Å². The quantitative estimate of drug-likeness (QED) is 0.497. The summed E-state index contributed by atoms with van der Waals surface area (Å²) in [7, 11) is 0. The van der Waals surface area contributed by atoms with Gasteiger partial charge in [0.1, 0.15) is 5.76 Å². The number of likely N-dealkylation sites (tertiary alicyclic amines) is 1. The maximum atomic E-state index is 11.4. The van der Waals surface area contributed by atoms with E-state index in [1.54, 1.807) is 6.07 Å². The molecule has 1 aromatic heterocycles. The fourth-order valence-corrected chi connectivity index (χ4v) is 2.78. The predicted octanol–water partition coefficient (Wildman–Crippen LogP) is 1.81. The van der Waals surface area contributed by atoms with Crippen molar-refractivity contribution in [2.75, 3.05) is 13.1 Å². The summed E-state index contributed by atoms with van der Waals surface area (Å²) in [6.07, 6.45) is 2.49. The molecule has 0 saturated carbocycles. The molecule has 0 spiro atoms. The lowest BCUT2D eigenvalue weighted by atomic mass is 9.84. The Morgan fingerprint density at radius 1 is 1.58 bits per heavy atom. The molecule has 19 heavy (non-hydrogen) atoms. The average molecular weight is 265 g/mol. The molecule has 1 aliphatic heterocycles. The van der Waals surface area contributed by atoms with Gasteiger partial charge in [-0.1, -0.05) is 13.8 Å². The van der Waals surface area contributed by atoms with Crippen LogP contribution in [0.15, 0.2) is 10.5 Å². The van der Waals surface area contributed by atoms with E-state index in [0.29, 0.717) is 5.41 Å². The molecule has 0 radical (unpaired) electrons. The summed E-state index contributed by atoms with van der Waals surface area (Å²) >= 11 is 0. The summed E-state index contributed by atoms with van der Waals surface area (Å²) in [6.45, 7) is 9.50. The van der Waals surface area contributed by atoms with Crippen LogP contribution >= 0.6 is 0 Å². The number of hydrogen-bond donors (Lipinski definition) is 2. The van der Waals surface area contributed by atoms with E-state index in [-0.39, 0.29) is 11.7 Å². The zero-order chi connectivity index (χ0) is 14.0. The second-order valence-electron chi connectivity index (χ2n) is 6.14. The smallest absolute Gasteiger partial charge is 0.300 e. The van der Waals surface area contributed by atoms with E-state index >= 15 is 0 Å². The number of carbonyl (C=O) groups is 1. The summed E-state index contributed by atoms with van der Waals surface area (Å²) in [5, 5.41) is 0. The minimum atomic E-state index is -0.381. The lowest BCUT2D eigenvalue weighted by Crippen LogP contribution is -2.39. The van der Waals surface area contributed by atoms with Crippen LogP contribution in [0.2, 0.25) is 0 Å². The Hall–Kier alpha value is -1.33. The normalized spacial score (nSPS) is 19.4. The third-order valence-electron chi connectivity index (χ3n) is 3.75. The molecule has 106 valence electrons. The first kappa shape index (κ1) is 14.1. The summed E-state index contributed by atoms with van der Waals surface area (Å²) in [5.41, 5.74) is 3.53. The Morgan fingerprint density at radius 3 is 2.95 bits per heavy atom. The van der Waals surface area contributed by atoms with Gasteiger partial charge in [0.25, 0.3) is 0 Å². The number of amides is 1. The Labute approximate surface area is 114 Å². The number of furan rings is 1. The van der Waals surface area contributed by atoms with Crippen molar-refractivity contribution in [1.29, 1.82) is 0 Å². The fraction of sp³-hybridized carbons (Fsp3) is 0.643. The molecule has 1 aromatic rings. The molecular formula is C14H23N3O2. The Morgan fingerprint density at radius 2 is 2.32 bits per heavy atom. The molecule has 0 bridgehead atoms. The minimum absolute atomic E-state index is 0.284. The number of nitrogens with one attached hydrogen (secondary N) is 1. The molecule has 1 amide bonds. The largest absolute Gasteiger partial charge is 0.456 e. The third kappa shape index (κ3) is 3.36. The van der Waals surface area contributed by atoms with Crippen LogP contribution in [0.3, 0.4) is 0 Å². The summed E-state index contributed by atoms with van der Waals surface area (Å²) in [4.78, 5) is 13.9. The molecule has 5 heteroatoms. The minimum Gasteiger partial charge on any atom is -0.456 e. The molecule has 1 aliphatic rings. The van der Waals surface area contributed by atoms with Gasteiger partial charge in [-0.3, -0.25) is 15.1 Å². The monoisotopic (exact) mass is 265 g/mol. The predicted molar refractivity (Wildman–Crippen MR) is 73.4 cm³/mol. The van der Waals surface area contributed by atoms with Crippen molar-refractivity contribution in [2.24, 2.45) is 11.3 Å². The van der Waals surface area contributed by atoms with Gasteiger partial charge in [0.2, 0.25) is 0 Å². The van der Waals surface area contributed by atoms with Crippen LogP contribution in [0.25, 0.3) is 0 Å². The van der Waals surface area contributed by atoms with Gasteiger partial charge in [0.05, 0.1) is 0 Å². The van der Waals surface area contributed by atoms with Crippen molar-refractivity contribution in [2.45, 2.75) is 40.2 Å². The SMILES string of the molecule is Cc1oc(C(=O)NN)cc1CN1CCCC(C)(C)C1. The average Bonchev–Trinajstić information content (AvgIpc) is 2.69. The zero-order valence-corrected chi connectivity index (χ0v) is 12.0. The maximum absolute atomic E-state index is 11.4. The fourth-order valence-electron chi connectivity index (χ4n) is 2.78. The standard InChI is InChI=1S/C14H23N3O2/c1-10-11(7-12(19-10)13(18)16-15)8-17-6-4-5-14(2,3)9-17/h7H,4-6,8-9,15H2,1-3H3,(H,16,18). The molecule has 5 nitrogen and oxygen atoms in total. The first-order chi connectivity index (χ1) is 8.91. The van der Waals surface area contributed by atoms with Crippen LogP contribution in [0.1, 0.15) is 48.6 Å². The third-order valence-corrected chi connectivity index (χ3v) is 3.75. The number of nitrogens with two attached hydrogens (primary N) is 1. The lowest BCUT2D eigenvalue weighted by Gasteiger charge is -2.37.